The molecule has 0 aliphatic heterocycles. The summed E-state index contributed by atoms with van der Waals surface area (Å²) in [7, 11) is 0. The molecule has 12 aromatic rings. The molecule has 0 spiro atoms. The lowest BCUT2D eigenvalue weighted by molar-refractivity contribution is 0.831. The van der Waals surface area contributed by atoms with Crippen LogP contribution in [-0.2, 0) is 12.8 Å². The lowest BCUT2D eigenvalue weighted by atomic mass is 9.97. The Morgan fingerprint density at radius 1 is 0.410 bits per heavy atom. The minimum atomic E-state index is 0.720. The highest BCUT2D eigenvalue weighted by molar-refractivity contribution is 7.25. The second-order valence-electron chi connectivity index (χ2n) is 15.6. The fourth-order valence-electron chi connectivity index (χ4n) is 9.16. The van der Waals surface area contributed by atoms with Crippen molar-refractivity contribution in [1.82, 2.24) is 29.1 Å². The molecule has 0 saturated heterocycles. The first-order valence-corrected chi connectivity index (χ1v) is 21.7. The predicted molar refractivity (Wildman–Crippen MR) is 254 cm³/mol. The molecule has 7 aromatic carbocycles. The van der Waals surface area contributed by atoms with Crippen LogP contribution in [0.4, 0.5) is 0 Å². The molecule has 0 saturated carbocycles. The minimum absolute atomic E-state index is 0.720. The van der Waals surface area contributed by atoms with Crippen molar-refractivity contribution in [3.8, 4) is 45.0 Å². The van der Waals surface area contributed by atoms with Crippen LogP contribution in [-0.4, -0.2) is 29.1 Å². The van der Waals surface area contributed by atoms with Crippen molar-refractivity contribution in [3.63, 3.8) is 0 Å². The number of para-hydroxylation sites is 2. The molecule has 61 heavy (non-hydrogen) atoms. The molecule has 290 valence electrons. The molecule has 0 aliphatic rings. The van der Waals surface area contributed by atoms with E-state index in [9.17, 15) is 0 Å². The van der Waals surface area contributed by atoms with E-state index in [0.717, 1.165) is 69.4 Å². The van der Waals surface area contributed by atoms with Crippen molar-refractivity contribution >= 4 is 75.3 Å². The molecule has 7 heteroatoms. The largest absolute Gasteiger partial charge is 0.309 e. The number of aryl methyl sites for hydroxylation is 2. The molecule has 0 N–H and O–H groups in total. The number of aromatic nitrogens is 6. The zero-order valence-corrected chi connectivity index (χ0v) is 34.5. The molecule has 0 fully saturated rings. The fourth-order valence-corrected chi connectivity index (χ4v) is 10.2. The van der Waals surface area contributed by atoms with Crippen molar-refractivity contribution in [2.75, 3.05) is 0 Å². The first-order valence-electron chi connectivity index (χ1n) is 20.9. The summed E-state index contributed by atoms with van der Waals surface area (Å²) < 4.78 is 7.24. The Morgan fingerprint density at radius 3 is 1.82 bits per heavy atom. The molecule has 5 aromatic heterocycles. The van der Waals surface area contributed by atoms with Crippen LogP contribution in [0, 0.1) is 0 Å². The Balaban J connectivity index is 0.962. The summed E-state index contributed by atoms with van der Waals surface area (Å²) in [4.78, 5) is 19.1. The number of thiophene rings is 1. The van der Waals surface area contributed by atoms with Gasteiger partial charge in [-0.3, -0.25) is 4.98 Å². The third-order valence-corrected chi connectivity index (χ3v) is 13.2. The average Bonchev–Trinajstić information content (AvgIpc) is 3.98. The molecule has 0 amide bonds. The number of benzene rings is 7. The Labute approximate surface area is 356 Å². The van der Waals surface area contributed by atoms with Crippen LogP contribution in [0.15, 0.2) is 170 Å². The summed E-state index contributed by atoms with van der Waals surface area (Å²) in [5, 5.41) is 6.09. The summed E-state index contributed by atoms with van der Waals surface area (Å²) in [6, 6.07) is 59.7. The topological polar surface area (TPSA) is 61.4 Å². The second-order valence-corrected chi connectivity index (χ2v) is 16.7. The van der Waals surface area contributed by atoms with Gasteiger partial charge in [-0.2, -0.15) is 0 Å². The summed E-state index contributed by atoms with van der Waals surface area (Å²) in [5.74, 6) is 2.36. The van der Waals surface area contributed by atoms with Gasteiger partial charge in [0.05, 0.1) is 32.3 Å². The second kappa shape index (κ2) is 14.1. The van der Waals surface area contributed by atoms with Gasteiger partial charge >= 0.3 is 0 Å². The molecule has 0 unspecified atom stereocenters. The number of pyridine rings is 1. The molecule has 6 nitrogen and oxygen atoms in total. The zero-order chi connectivity index (χ0) is 40.6. The monoisotopic (exact) mass is 802 g/mol. The highest BCUT2D eigenvalue weighted by atomic mass is 32.1. The van der Waals surface area contributed by atoms with E-state index in [0.29, 0.717) is 0 Å². The molecule has 0 radical (unpaired) electrons. The molecule has 0 atom stereocenters. The van der Waals surface area contributed by atoms with E-state index >= 15 is 0 Å². The number of rotatable bonds is 7. The van der Waals surface area contributed by atoms with Crippen molar-refractivity contribution in [2.24, 2.45) is 0 Å². The van der Waals surface area contributed by atoms with Gasteiger partial charge < -0.3 is 9.13 Å². The highest BCUT2D eigenvalue weighted by Crippen LogP contribution is 2.40. The number of nitrogens with zero attached hydrogens (tertiary/aromatic N) is 6. The van der Waals surface area contributed by atoms with Crippen molar-refractivity contribution in [3.05, 3.63) is 182 Å². The van der Waals surface area contributed by atoms with Crippen LogP contribution in [0.25, 0.3) is 109 Å². The lowest BCUT2D eigenvalue weighted by Gasteiger charge is -2.12. The van der Waals surface area contributed by atoms with E-state index in [2.05, 4.69) is 186 Å². The van der Waals surface area contributed by atoms with Gasteiger partial charge in [-0.1, -0.05) is 98.8 Å². The van der Waals surface area contributed by atoms with Gasteiger partial charge in [0.15, 0.2) is 5.82 Å². The normalized spacial score (nSPS) is 11.9. The molecule has 0 bridgehead atoms. The summed E-state index contributed by atoms with van der Waals surface area (Å²) in [5.41, 5.74) is 13.6. The Bertz CT molecular complexity index is 3680. The maximum Gasteiger partial charge on any atom is 0.163 e. The van der Waals surface area contributed by atoms with Crippen LogP contribution in [0.5, 0.6) is 0 Å². The van der Waals surface area contributed by atoms with Crippen LogP contribution < -0.4 is 0 Å². The summed E-state index contributed by atoms with van der Waals surface area (Å²) in [6.07, 6.45) is 3.42. The first-order chi connectivity index (χ1) is 30.1. The van der Waals surface area contributed by atoms with Gasteiger partial charge in [0, 0.05) is 67.6 Å². The van der Waals surface area contributed by atoms with Crippen LogP contribution in [0.3, 0.4) is 0 Å². The van der Waals surface area contributed by atoms with Gasteiger partial charge in [0.25, 0.3) is 0 Å². The third-order valence-electron chi connectivity index (χ3n) is 12.1. The lowest BCUT2D eigenvalue weighted by Crippen LogP contribution is -2.04. The van der Waals surface area contributed by atoms with E-state index in [1.54, 1.807) is 11.3 Å². The Kier molecular flexibility index (Phi) is 8.18. The number of hydrogen-bond donors (Lipinski definition) is 0. The van der Waals surface area contributed by atoms with Gasteiger partial charge in [0.2, 0.25) is 0 Å². The standard InChI is InChI=1S/C54H38N6S/c1-3-51-56-52(4-2)58-54(57-51)37-14-10-15-38(29-37)60-45-18-7-5-16-40(45)42-24-21-36(31-48(42)60)34-13-9-12-33(28-34)35-22-25-47-43(30-35)41-17-6-8-19-46(41)59(47)39-23-26-49-44(32-39)53-50(61-49)20-11-27-55-53/h5-32H,3-4H2,1-2H3. The summed E-state index contributed by atoms with van der Waals surface area (Å²) in [6.45, 7) is 4.18. The molecular formula is C54H38N6S. The van der Waals surface area contributed by atoms with Crippen molar-refractivity contribution in [2.45, 2.75) is 26.7 Å². The fraction of sp³-hybridized carbons (Fsp3) is 0.0741. The number of fused-ring (bicyclic) bond motifs is 9. The van der Waals surface area contributed by atoms with Crippen molar-refractivity contribution < 1.29 is 0 Å². The minimum Gasteiger partial charge on any atom is -0.309 e. The van der Waals surface area contributed by atoms with Gasteiger partial charge in [-0.05, 0) is 101 Å². The maximum atomic E-state index is 4.83. The third kappa shape index (κ3) is 5.76. The smallest absolute Gasteiger partial charge is 0.163 e. The average molecular weight is 803 g/mol. The first kappa shape index (κ1) is 35.5. The van der Waals surface area contributed by atoms with Gasteiger partial charge in [-0.25, -0.2) is 15.0 Å². The summed E-state index contributed by atoms with van der Waals surface area (Å²) >= 11 is 1.80. The van der Waals surface area contributed by atoms with Crippen LogP contribution >= 0.6 is 11.3 Å². The van der Waals surface area contributed by atoms with E-state index in [1.807, 2.05) is 12.3 Å². The van der Waals surface area contributed by atoms with Gasteiger partial charge in [-0.15, -0.1) is 11.3 Å². The van der Waals surface area contributed by atoms with E-state index in [-0.39, 0.29) is 0 Å². The van der Waals surface area contributed by atoms with E-state index < -0.39 is 0 Å². The van der Waals surface area contributed by atoms with E-state index in [1.165, 1.54) is 64.1 Å². The highest BCUT2D eigenvalue weighted by Gasteiger charge is 2.18. The Morgan fingerprint density at radius 2 is 1.03 bits per heavy atom. The SMILES string of the molecule is CCc1nc(CC)nc(-c2cccc(-n3c4ccccc4c4ccc(-c5cccc(-c6ccc7c(c6)c6ccccc6n7-c6ccc7sc8cccnc8c7c6)c5)cc43)c2)n1. The Hall–Kier alpha value is -7.48. The molecular weight excluding hydrogens is 765 g/mol. The van der Waals surface area contributed by atoms with Gasteiger partial charge in [0.1, 0.15) is 11.6 Å². The van der Waals surface area contributed by atoms with Crippen LogP contribution in [0.1, 0.15) is 25.5 Å². The predicted octanol–water partition coefficient (Wildman–Crippen LogP) is 14.0. The molecule has 0 aliphatic carbocycles. The molecule has 12 rings (SSSR count). The zero-order valence-electron chi connectivity index (χ0n) is 33.7. The molecule has 5 heterocycles. The quantitative estimate of drug-likeness (QED) is 0.161. The van der Waals surface area contributed by atoms with Crippen LogP contribution in [0.2, 0.25) is 0 Å². The van der Waals surface area contributed by atoms with E-state index in [4.69, 9.17) is 15.0 Å². The maximum absolute atomic E-state index is 4.83. The number of hydrogen-bond acceptors (Lipinski definition) is 5. The van der Waals surface area contributed by atoms with Crippen molar-refractivity contribution in [1.29, 1.82) is 0 Å².